The lowest BCUT2D eigenvalue weighted by Crippen LogP contribution is -1.96. The van der Waals surface area contributed by atoms with Gasteiger partial charge in [0.25, 0.3) is 0 Å². The topological polar surface area (TPSA) is 17.8 Å². The molecule has 0 saturated carbocycles. The van der Waals surface area contributed by atoms with Crippen molar-refractivity contribution in [1.82, 2.24) is 9.55 Å². The maximum Gasteiger partial charge on any atom is 0.124 e. The van der Waals surface area contributed by atoms with E-state index in [0.717, 1.165) is 10.5 Å². The molecule has 178 valence electrons. The van der Waals surface area contributed by atoms with E-state index in [2.05, 4.69) is 131 Å². The molecule has 0 bridgehead atoms. The molecule has 8 rings (SSSR count). The molecule has 3 aromatic heterocycles. The molecule has 0 atom stereocenters. The summed E-state index contributed by atoms with van der Waals surface area (Å²) in [5.74, 6) is 0. The Morgan fingerprint density at radius 1 is 0.500 bits per heavy atom. The SMILES string of the molecule is c1ccc(-c2cc(-c3ccccc3)cc(-n3c4ccccc4c4c5c(ccc43)sc3ncccc35)c2)cc1. The molecule has 0 N–H and O–H groups in total. The average Bonchev–Trinajstić information content (AvgIpc) is 3.53. The third-order valence-corrected chi connectivity index (χ3v) is 8.52. The van der Waals surface area contributed by atoms with Gasteiger partial charge in [-0.25, -0.2) is 4.98 Å². The van der Waals surface area contributed by atoms with Gasteiger partial charge in [0.2, 0.25) is 0 Å². The van der Waals surface area contributed by atoms with E-state index in [-0.39, 0.29) is 0 Å². The van der Waals surface area contributed by atoms with Crippen LogP contribution in [0.25, 0.3) is 70.0 Å². The summed E-state index contributed by atoms with van der Waals surface area (Å²) in [4.78, 5) is 5.76. The van der Waals surface area contributed by atoms with Crippen molar-refractivity contribution in [2.75, 3.05) is 0 Å². The molecule has 0 aliphatic heterocycles. The fraction of sp³-hybridized carbons (Fsp3) is 0. The van der Waals surface area contributed by atoms with Crippen LogP contribution in [-0.4, -0.2) is 9.55 Å². The van der Waals surface area contributed by atoms with Crippen molar-refractivity contribution < 1.29 is 0 Å². The first-order chi connectivity index (χ1) is 18.8. The molecule has 38 heavy (non-hydrogen) atoms. The predicted octanol–water partition coefficient (Wildman–Crippen LogP) is 9.88. The van der Waals surface area contributed by atoms with Crippen LogP contribution in [-0.2, 0) is 0 Å². The Balaban J connectivity index is 1.51. The monoisotopic (exact) mass is 502 g/mol. The van der Waals surface area contributed by atoms with Crippen LogP contribution >= 0.6 is 11.3 Å². The van der Waals surface area contributed by atoms with Crippen LogP contribution < -0.4 is 0 Å². The van der Waals surface area contributed by atoms with E-state index in [4.69, 9.17) is 0 Å². The molecule has 0 spiro atoms. The molecule has 3 heterocycles. The number of hydrogen-bond donors (Lipinski definition) is 0. The minimum absolute atomic E-state index is 1.09. The molecule has 5 aromatic carbocycles. The second kappa shape index (κ2) is 8.41. The summed E-state index contributed by atoms with van der Waals surface area (Å²) in [5.41, 5.74) is 8.43. The highest BCUT2D eigenvalue weighted by atomic mass is 32.1. The van der Waals surface area contributed by atoms with Crippen molar-refractivity contribution in [3.8, 4) is 27.9 Å². The number of thiophene rings is 1. The van der Waals surface area contributed by atoms with Crippen LogP contribution in [0.4, 0.5) is 0 Å². The van der Waals surface area contributed by atoms with E-state index in [1.54, 1.807) is 11.3 Å². The summed E-state index contributed by atoms with van der Waals surface area (Å²) >= 11 is 1.77. The van der Waals surface area contributed by atoms with Crippen molar-refractivity contribution >= 4 is 53.4 Å². The summed E-state index contributed by atoms with van der Waals surface area (Å²) in [5, 5.41) is 5.09. The minimum Gasteiger partial charge on any atom is -0.309 e. The summed E-state index contributed by atoms with van der Waals surface area (Å²) in [6, 6.07) is 45.9. The van der Waals surface area contributed by atoms with E-state index in [9.17, 15) is 0 Å². The zero-order valence-corrected chi connectivity index (χ0v) is 21.3. The smallest absolute Gasteiger partial charge is 0.124 e. The van der Waals surface area contributed by atoms with E-state index in [0.29, 0.717) is 0 Å². The molecular weight excluding hydrogens is 480 g/mol. The normalized spacial score (nSPS) is 11.7. The van der Waals surface area contributed by atoms with Crippen molar-refractivity contribution in [3.05, 3.63) is 134 Å². The van der Waals surface area contributed by atoms with Gasteiger partial charge in [0.05, 0.1) is 11.0 Å². The van der Waals surface area contributed by atoms with Crippen molar-refractivity contribution in [1.29, 1.82) is 0 Å². The molecule has 8 aromatic rings. The maximum atomic E-state index is 4.67. The van der Waals surface area contributed by atoms with Crippen LogP contribution in [0.3, 0.4) is 0 Å². The second-order valence-electron chi connectivity index (χ2n) is 9.64. The number of aromatic nitrogens is 2. The predicted molar refractivity (Wildman–Crippen MR) is 162 cm³/mol. The van der Waals surface area contributed by atoms with Gasteiger partial charge in [-0.3, -0.25) is 0 Å². The van der Waals surface area contributed by atoms with Gasteiger partial charge in [-0.05, 0) is 70.8 Å². The van der Waals surface area contributed by atoms with Gasteiger partial charge in [0.15, 0.2) is 0 Å². The first kappa shape index (κ1) is 21.4. The summed E-state index contributed by atoms with van der Waals surface area (Å²) in [6.45, 7) is 0. The molecule has 3 heteroatoms. The first-order valence-corrected chi connectivity index (χ1v) is 13.6. The van der Waals surface area contributed by atoms with E-state index in [1.807, 2.05) is 12.3 Å². The number of benzene rings is 5. The Kier molecular flexibility index (Phi) is 4.73. The highest BCUT2D eigenvalue weighted by molar-refractivity contribution is 7.25. The van der Waals surface area contributed by atoms with Crippen molar-refractivity contribution in [2.45, 2.75) is 0 Å². The Morgan fingerprint density at radius 2 is 1.16 bits per heavy atom. The van der Waals surface area contributed by atoms with Crippen LogP contribution in [0.1, 0.15) is 0 Å². The van der Waals surface area contributed by atoms with Gasteiger partial charge in [-0.2, -0.15) is 0 Å². The Hall–Kier alpha value is -4.73. The highest BCUT2D eigenvalue weighted by Crippen LogP contribution is 2.43. The van der Waals surface area contributed by atoms with Gasteiger partial charge in [0, 0.05) is 38.1 Å². The standard InChI is InChI=1S/C35H22N2S/c1-3-10-23(11-4-1)25-20-26(24-12-5-2-6-13-24)22-27(21-25)37-30-16-8-7-14-28(30)33-31(37)17-18-32-34(33)29-15-9-19-36-35(29)38-32/h1-22H. The number of pyridine rings is 1. The van der Waals surface area contributed by atoms with Gasteiger partial charge in [-0.1, -0.05) is 78.9 Å². The largest absolute Gasteiger partial charge is 0.309 e. The molecule has 0 aliphatic carbocycles. The number of para-hydroxylation sites is 1. The van der Waals surface area contributed by atoms with Crippen LogP contribution in [0.15, 0.2) is 134 Å². The number of hydrogen-bond acceptors (Lipinski definition) is 2. The fourth-order valence-electron chi connectivity index (χ4n) is 5.77. The average molecular weight is 503 g/mol. The molecular formula is C35H22N2S. The summed E-state index contributed by atoms with van der Waals surface area (Å²) < 4.78 is 3.71. The first-order valence-electron chi connectivity index (χ1n) is 12.8. The molecule has 0 radical (unpaired) electrons. The van der Waals surface area contributed by atoms with Gasteiger partial charge in [0.1, 0.15) is 4.83 Å². The van der Waals surface area contributed by atoms with Crippen molar-refractivity contribution in [3.63, 3.8) is 0 Å². The molecule has 0 saturated heterocycles. The molecule has 0 amide bonds. The van der Waals surface area contributed by atoms with E-state index >= 15 is 0 Å². The quantitative estimate of drug-likeness (QED) is 0.235. The lowest BCUT2D eigenvalue weighted by Gasteiger charge is -2.14. The van der Waals surface area contributed by atoms with E-state index < -0.39 is 0 Å². The van der Waals surface area contributed by atoms with Crippen LogP contribution in [0.5, 0.6) is 0 Å². The van der Waals surface area contributed by atoms with E-state index in [1.165, 1.54) is 59.5 Å². The lowest BCUT2D eigenvalue weighted by molar-refractivity contribution is 1.18. The van der Waals surface area contributed by atoms with Gasteiger partial charge in [-0.15, -0.1) is 11.3 Å². The minimum atomic E-state index is 1.09. The fourth-order valence-corrected chi connectivity index (χ4v) is 6.83. The third-order valence-electron chi connectivity index (χ3n) is 7.44. The van der Waals surface area contributed by atoms with Crippen LogP contribution in [0.2, 0.25) is 0 Å². The van der Waals surface area contributed by atoms with Crippen LogP contribution in [0, 0.1) is 0 Å². The molecule has 2 nitrogen and oxygen atoms in total. The number of rotatable bonds is 3. The molecule has 0 fully saturated rings. The maximum absolute atomic E-state index is 4.67. The Labute approximate surface area is 224 Å². The summed E-state index contributed by atoms with van der Waals surface area (Å²) in [7, 11) is 0. The zero-order chi connectivity index (χ0) is 25.1. The number of fused-ring (bicyclic) bond motifs is 7. The molecule has 0 aliphatic rings. The van der Waals surface area contributed by atoms with Gasteiger partial charge < -0.3 is 4.57 Å². The highest BCUT2D eigenvalue weighted by Gasteiger charge is 2.18. The Morgan fingerprint density at radius 3 is 1.89 bits per heavy atom. The van der Waals surface area contributed by atoms with Gasteiger partial charge >= 0.3 is 0 Å². The third kappa shape index (κ3) is 3.22. The summed E-state index contributed by atoms with van der Waals surface area (Å²) in [6.07, 6.45) is 1.89. The molecule has 0 unspecified atom stereocenters. The number of nitrogens with zero attached hydrogens (tertiary/aromatic N) is 2. The zero-order valence-electron chi connectivity index (χ0n) is 20.5. The second-order valence-corrected chi connectivity index (χ2v) is 10.7. The lowest BCUT2D eigenvalue weighted by atomic mass is 9.98. The van der Waals surface area contributed by atoms with Crippen molar-refractivity contribution in [2.24, 2.45) is 0 Å². The Bertz CT molecular complexity index is 2060.